The van der Waals surface area contributed by atoms with E-state index in [0.717, 1.165) is 61.5 Å². The Bertz CT molecular complexity index is 1530. The van der Waals surface area contributed by atoms with Gasteiger partial charge in [0.05, 0.1) is 48.6 Å². The van der Waals surface area contributed by atoms with Gasteiger partial charge in [0, 0.05) is 44.9 Å². The fourth-order valence-corrected chi connectivity index (χ4v) is 6.29. The quantitative estimate of drug-likeness (QED) is 0.456. The minimum absolute atomic E-state index is 0.228. The Morgan fingerprint density at radius 1 is 1.07 bits per heavy atom. The number of nitrogens with zero attached hydrogens (tertiary/aromatic N) is 6. The molecule has 3 aliphatic heterocycles. The van der Waals surface area contributed by atoms with Crippen LogP contribution in [0.5, 0.6) is 0 Å². The fourth-order valence-electron chi connectivity index (χ4n) is 5.71. The lowest BCUT2D eigenvalue weighted by molar-refractivity contribution is 0.0606. The molecule has 0 saturated carbocycles. The molecule has 5 heterocycles. The molecule has 1 atom stereocenters. The average molecular weight is 570 g/mol. The van der Waals surface area contributed by atoms with Crippen molar-refractivity contribution in [3.8, 4) is 0 Å². The van der Waals surface area contributed by atoms with Crippen molar-refractivity contribution in [3.63, 3.8) is 0 Å². The number of piperidine rings is 1. The monoisotopic (exact) mass is 569 g/mol. The normalized spacial score (nSPS) is 20.6. The number of aromatic nitrogens is 3. The SMILES string of the molecule is Cc1ccc(NS(C)(=O)=O)c(C(=O)N2CCCC[C@H]2c2cc3nc(N4CC(O)C4)cc(N4CCOCC4)n3n2)c1. The summed E-state index contributed by atoms with van der Waals surface area (Å²) in [5.41, 5.74) is 2.90. The lowest BCUT2D eigenvalue weighted by atomic mass is 9.97. The Labute approximate surface area is 233 Å². The largest absolute Gasteiger partial charge is 0.389 e. The molecule has 0 bridgehead atoms. The van der Waals surface area contributed by atoms with Gasteiger partial charge in [-0.1, -0.05) is 11.6 Å². The Hall–Kier alpha value is -3.42. The third-order valence-electron chi connectivity index (χ3n) is 7.74. The fraction of sp³-hybridized carbons (Fsp3) is 0.519. The van der Waals surface area contributed by atoms with E-state index in [1.807, 2.05) is 33.4 Å². The number of likely N-dealkylation sites (tertiary alicyclic amines) is 1. The second-order valence-corrected chi connectivity index (χ2v) is 12.7. The van der Waals surface area contributed by atoms with E-state index in [1.54, 1.807) is 18.2 Å². The first-order valence-corrected chi connectivity index (χ1v) is 15.6. The van der Waals surface area contributed by atoms with Crippen molar-refractivity contribution in [2.45, 2.75) is 38.3 Å². The highest BCUT2D eigenvalue weighted by atomic mass is 32.2. The molecule has 12 nitrogen and oxygen atoms in total. The molecular formula is C27H35N7O5S. The second kappa shape index (κ2) is 10.5. The predicted octanol–water partition coefficient (Wildman–Crippen LogP) is 1.79. The molecule has 0 spiro atoms. The molecule has 214 valence electrons. The number of morpholine rings is 1. The number of fused-ring (bicyclic) bond motifs is 1. The molecule has 0 unspecified atom stereocenters. The van der Waals surface area contributed by atoms with Crippen LogP contribution in [0.15, 0.2) is 30.3 Å². The zero-order valence-electron chi connectivity index (χ0n) is 22.8. The van der Waals surface area contributed by atoms with Crippen LogP contribution in [0.2, 0.25) is 0 Å². The number of ether oxygens (including phenoxy) is 1. The number of amides is 1. The number of hydrogen-bond acceptors (Lipinski definition) is 9. The van der Waals surface area contributed by atoms with Gasteiger partial charge in [0.2, 0.25) is 10.0 Å². The van der Waals surface area contributed by atoms with E-state index >= 15 is 0 Å². The van der Waals surface area contributed by atoms with Gasteiger partial charge in [0.15, 0.2) is 5.65 Å². The van der Waals surface area contributed by atoms with Gasteiger partial charge < -0.3 is 24.5 Å². The van der Waals surface area contributed by atoms with Crippen LogP contribution in [-0.4, -0.2) is 97.2 Å². The van der Waals surface area contributed by atoms with Gasteiger partial charge in [-0.3, -0.25) is 9.52 Å². The molecule has 3 saturated heterocycles. The molecule has 1 amide bonds. The first-order valence-electron chi connectivity index (χ1n) is 13.7. The van der Waals surface area contributed by atoms with Crippen LogP contribution in [0.4, 0.5) is 17.3 Å². The van der Waals surface area contributed by atoms with E-state index in [2.05, 4.69) is 9.62 Å². The van der Waals surface area contributed by atoms with Gasteiger partial charge in [-0.15, -0.1) is 0 Å². The number of nitrogens with one attached hydrogen (secondary N) is 1. The number of sulfonamides is 1. The topological polar surface area (TPSA) is 133 Å². The van der Waals surface area contributed by atoms with Crippen molar-refractivity contribution in [2.75, 3.05) is 66.7 Å². The Morgan fingerprint density at radius 2 is 1.85 bits per heavy atom. The molecule has 0 radical (unpaired) electrons. The Balaban J connectivity index is 1.38. The van der Waals surface area contributed by atoms with Crippen LogP contribution in [0.25, 0.3) is 5.65 Å². The lowest BCUT2D eigenvalue weighted by Gasteiger charge is -2.37. The number of β-amino-alcohol motifs (C(OH)–C–C–N with tert-alkyl or cyclic N) is 1. The highest BCUT2D eigenvalue weighted by Crippen LogP contribution is 2.35. The van der Waals surface area contributed by atoms with Crippen molar-refractivity contribution in [3.05, 3.63) is 47.2 Å². The smallest absolute Gasteiger partial charge is 0.256 e. The highest BCUT2D eigenvalue weighted by molar-refractivity contribution is 7.92. The standard InChI is InChI=1S/C27H35N7O5S/c1-18-6-7-21(30-40(2,37)38)20(13-18)27(36)33-8-4-3-5-23(33)22-14-25-28-24(32-16-19(35)17-32)15-26(34(25)29-22)31-9-11-39-12-10-31/h6-7,13-15,19,23,30,35H,3-5,8-12,16-17H2,1-2H3/t23-/m0/s1. The summed E-state index contributed by atoms with van der Waals surface area (Å²) in [6, 6.07) is 8.85. The molecule has 3 aromatic rings. The minimum atomic E-state index is -3.57. The maximum Gasteiger partial charge on any atom is 0.256 e. The molecule has 3 fully saturated rings. The van der Waals surface area contributed by atoms with Crippen LogP contribution in [-0.2, 0) is 14.8 Å². The third kappa shape index (κ3) is 5.32. The van der Waals surface area contributed by atoms with Gasteiger partial charge in [-0.25, -0.2) is 13.4 Å². The van der Waals surface area contributed by atoms with E-state index in [1.165, 1.54) is 0 Å². The van der Waals surface area contributed by atoms with Gasteiger partial charge in [0.25, 0.3) is 5.91 Å². The highest BCUT2D eigenvalue weighted by Gasteiger charge is 2.33. The molecule has 2 aromatic heterocycles. The van der Waals surface area contributed by atoms with Crippen LogP contribution >= 0.6 is 0 Å². The van der Waals surface area contributed by atoms with Gasteiger partial charge in [-0.2, -0.15) is 9.61 Å². The Morgan fingerprint density at radius 3 is 2.58 bits per heavy atom. The van der Waals surface area contributed by atoms with E-state index in [4.69, 9.17) is 14.8 Å². The number of aliphatic hydroxyl groups excluding tert-OH is 1. The van der Waals surface area contributed by atoms with Crippen molar-refractivity contribution >= 4 is 38.9 Å². The van der Waals surface area contributed by atoms with E-state index in [0.29, 0.717) is 44.1 Å². The van der Waals surface area contributed by atoms with Crippen molar-refractivity contribution < 1.29 is 23.1 Å². The minimum Gasteiger partial charge on any atom is -0.389 e. The summed E-state index contributed by atoms with van der Waals surface area (Å²) in [7, 11) is -3.57. The van der Waals surface area contributed by atoms with Crippen molar-refractivity contribution in [1.82, 2.24) is 19.5 Å². The summed E-state index contributed by atoms with van der Waals surface area (Å²) >= 11 is 0. The average Bonchev–Trinajstić information content (AvgIpc) is 3.35. The molecule has 0 aliphatic carbocycles. The van der Waals surface area contributed by atoms with Crippen LogP contribution in [0.1, 0.15) is 46.9 Å². The van der Waals surface area contributed by atoms with Crippen LogP contribution in [0.3, 0.4) is 0 Å². The Kier molecular flexibility index (Phi) is 7.05. The number of carbonyl (C=O) groups is 1. The number of benzene rings is 1. The van der Waals surface area contributed by atoms with Crippen molar-refractivity contribution in [2.24, 2.45) is 0 Å². The summed E-state index contributed by atoms with van der Waals surface area (Å²) in [5.74, 6) is 1.47. The summed E-state index contributed by atoms with van der Waals surface area (Å²) < 4.78 is 34.0. The second-order valence-electron chi connectivity index (χ2n) is 10.9. The zero-order valence-corrected chi connectivity index (χ0v) is 23.6. The first-order chi connectivity index (χ1) is 19.2. The maximum atomic E-state index is 14.0. The molecule has 2 N–H and O–H groups in total. The number of anilines is 3. The molecule has 40 heavy (non-hydrogen) atoms. The van der Waals surface area contributed by atoms with E-state index in [-0.39, 0.29) is 23.7 Å². The summed E-state index contributed by atoms with van der Waals surface area (Å²) in [6.07, 6.45) is 3.28. The molecule has 3 aliphatic rings. The molecule has 1 aromatic carbocycles. The molecule has 13 heteroatoms. The van der Waals surface area contributed by atoms with E-state index in [9.17, 15) is 18.3 Å². The van der Waals surface area contributed by atoms with E-state index < -0.39 is 10.0 Å². The zero-order chi connectivity index (χ0) is 28.0. The number of carbonyl (C=O) groups excluding carboxylic acids is 1. The van der Waals surface area contributed by atoms with Crippen molar-refractivity contribution in [1.29, 1.82) is 0 Å². The molecular weight excluding hydrogens is 534 g/mol. The van der Waals surface area contributed by atoms with Gasteiger partial charge in [-0.05, 0) is 38.3 Å². The number of hydrogen-bond donors (Lipinski definition) is 2. The number of aryl methyl sites for hydroxylation is 1. The van der Waals surface area contributed by atoms with Crippen LogP contribution < -0.4 is 14.5 Å². The van der Waals surface area contributed by atoms with Crippen LogP contribution in [0, 0.1) is 6.92 Å². The maximum absolute atomic E-state index is 14.0. The predicted molar refractivity (Wildman–Crippen MR) is 152 cm³/mol. The summed E-state index contributed by atoms with van der Waals surface area (Å²) in [5, 5.41) is 14.9. The third-order valence-corrected chi connectivity index (χ3v) is 8.33. The van der Waals surface area contributed by atoms with Gasteiger partial charge >= 0.3 is 0 Å². The lowest BCUT2D eigenvalue weighted by Crippen LogP contribution is -2.51. The number of rotatable bonds is 6. The van der Waals surface area contributed by atoms with Gasteiger partial charge in [0.1, 0.15) is 11.6 Å². The summed E-state index contributed by atoms with van der Waals surface area (Å²) in [6.45, 7) is 6.22. The first kappa shape index (κ1) is 26.8. The molecule has 6 rings (SSSR count). The summed E-state index contributed by atoms with van der Waals surface area (Å²) in [4.78, 5) is 24.9. The number of aliphatic hydroxyl groups is 1.